The van der Waals surface area contributed by atoms with E-state index in [0.717, 1.165) is 29.2 Å². The van der Waals surface area contributed by atoms with E-state index in [1.165, 1.54) is 0 Å². The number of hydrogen-bond acceptors (Lipinski definition) is 4. The smallest absolute Gasteiger partial charge is 0.228 e. The van der Waals surface area contributed by atoms with Crippen molar-refractivity contribution in [3.8, 4) is 0 Å². The van der Waals surface area contributed by atoms with Crippen LogP contribution in [0, 0.1) is 0 Å². The molecule has 4 rings (SSSR count). The van der Waals surface area contributed by atoms with E-state index in [2.05, 4.69) is 10.1 Å². The Labute approximate surface area is 150 Å². The van der Waals surface area contributed by atoms with Crippen molar-refractivity contribution in [1.82, 2.24) is 10.1 Å². The van der Waals surface area contributed by atoms with E-state index in [4.69, 9.17) is 16.1 Å². The van der Waals surface area contributed by atoms with Gasteiger partial charge in [-0.3, -0.25) is 4.79 Å². The van der Waals surface area contributed by atoms with Crippen LogP contribution in [-0.2, 0) is 11.2 Å². The highest BCUT2D eigenvalue weighted by molar-refractivity contribution is 6.33. The molecule has 3 aromatic rings. The first-order chi connectivity index (χ1) is 12.2. The second kappa shape index (κ2) is 6.76. The molecule has 2 aromatic carbocycles. The van der Waals surface area contributed by atoms with E-state index in [-0.39, 0.29) is 12.3 Å². The third kappa shape index (κ3) is 3.20. The molecule has 128 valence electrons. The van der Waals surface area contributed by atoms with Gasteiger partial charge in [-0.05, 0) is 24.3 Å². The van der Waals surface area contributed by atoms with E-state index in [9.17, 15) is 4.79 Å². The zero-order chi connectivity index (χ0) is 17.2. The van der Waals surface area contributed by atoms with Crippen LogP contribution in [0.4, 0.5) is 5.69 Å². The summed E-state index contributed by atoms with van der Waals surface area (Å²) in [5.41, 5.74) is 2.45. The molecule has 2 heterocycles. The quantitative estimate of drug-likeness (QED) is 0.722. The molecule has 6 heteroatoms. The lowest BCUT2D eigenvalue weighted by atomic mass is 10.1. The predicted molar refractivity (Wildman–Crippen MR) is 98.0 cm³/mol. The van der Waals surface area contributed by atoms with Crippen molar-refractivity contribution in [3.63, 3.8) is 0 Å². The number of para-hydroxylation sites is 2. The number of amides is 1. The average molecular weight is 356 g/mol. The fraction of sp³-hybridized carbons (Fsp3) is 0.263. The number of halogens is 1. The van der Waals surface area contributed by atoms with Crippen LogP contribution >= 0.6 is 11.6 Å². The molecule has 0 saturated carbocycles. The van der Waals surface area contributed by atoms with Crippen molar-refractivity contribution in [2.24, 2.45) is 0 Å². The zero-order valence-electron chi connectivity index (χ0n) is 13.7. The van der Waals surface area contributed by atoms with Crippen molar-refractivity contribution in [3.05, 3.63) is 59.2 Å². The second-order valence-corrected chi connectivity index (χ2v) is 6.53. The fourth-order valence-corrected chi connectivity index (χ4v) is 3.48. The summed E-state index contributed by atoms with van der Waals surface area (Å²) in [5.74, 6) is 0.0814. The van der Waals surface area contributed by atoms with Crippen molar-refractivity contribution < 1.29 is 9.32 Å². The number of carbonyl (C=O) groups excluding carboxylic acids is 1. The molecule has 5 nitrogen and oxygen atoms in total. The highest BCUT2D eigenvalue weighted by Crippen LogP contribution is 2.26. The van der Waals surface area contributed by atoms with Gasteiger partial charge in [0.05, 0.1) is 17.1 Å². The summed E-state index contributed by atoms with van der Waals surface area (Å²) in [6.07, 6.45) is 0.267. The molecule has 0 radical (unpaired) electrons. The van der Waals surface area contributed by atoms with Crippen LogP contribution < -0.4 is 4.90 Å². The van der Waals surface area contributed by atoms with Crippen LogP contribution in [0.1, 0.15) is 5.69 Å². The molecular weight excluding hydrogens is 338 g/mol. The van der Waals surface area contributed by atoms with Crippen LogP contribution in [0.2, 0.25) is 5.02 Å². The lowest BCUT2D eigenvalue weighted by Crippen LogP contribution is -2.49. The van der Waals surface area contributed by atoms with Gasteiger partial charge >= 0.3 is 0 Å². The summed E-state index contributed by atoms with van der Waals surface area (Å²) >= 11 is 6.27. The normalized spacial score (nSPS) is 14.9. The molecule has 0 unspecified atom stereocenters. The van der Waals surface area contributed by atoms with E-state index in [1.807, 2.05) is 53.4 Å². The Kier molecular flexibility index (Phi) is 4.32. The van der Waals surface area contributed by atoms with E-state index in [0.29, 0.717) is 24.4 Å². The second-order valence-electron chi connectivity index (χ2n) is 6.12. The van der Waals surface area contributed by atoms with Crippen molar-refractivity contribution >= 4 is 34.2 Å². The monoisotopic (exact) mass is 355 g/mol. The molecule has 25 heavy (non-hydrogen) atoms. The van der Waals surface area contributed by atoms with Gasteiger partial charge in [0.1, 0.15) is 5.69 Å². The van der Waals surface area contributed by atoms with Crippen LogP contribution in [0.3, 0.4) is 0 Å². The Morgan fingerprint density at radius 3 is 2.56 bits per heavy atom. The van der Waals surface area contributed by atoms with Gasteiger partial charge in [-0.15, -0.1) is 0 Å². The number of anilines is 1. The number of fused-ring (bicyclic) bond motifs is 1. The minimum absolute atomic E-state index is 0.0814. The SMILES string of the molecule is O=C(Cc1noc2ccccc12)N1CCN(c2ccccc2Cl)CC1. The van der Waals surface area contributed by atoms with Crippen LogP contribution in [0.5, 0.6) is 0 Å². The van der Waals surface area contributed by atoms with Crippen LogP contribution in [0.25, 0.3) is 11.0 Å². The molecule has 0 aliphatic carbocycles. The van der Waals surface area contributed by atoms with Gasteiger partial charge in [0.2, 0.25) is 5.91 Å². The fourth-order valence-electron chi connectivity index (χ4n) is 3.23. The molecule has 0 N–H and O–H groups in total. The van der Waals surface area contributed by atoms with Crippen molar-refractivity contribution in [2.45, 2.75) is 6.42 Å². The Hall–Kier alpha value is -2.53. The molecule has 1 saturated heterocycles. The van der Waals surface area contributed by atoms with Gasteiger partial charge < -0.3 is 14.3 Å². The lowest BCUT2D eigenvalue weighted by molar-refractivity contribution is -0.130. The topological polar surface area (TPSA) is 49.6 Å². The van der Waals surface area contributed by atoms with Gasteiger partial charge in [0, 0.05) is 31.6 Å². The molecular formula is C19H18ClN3O2. The summed E-state index contributed by atoms with van der Waals surface area (Å²) in [6.45, 7) is 2.91. The van der Waals surface area contributed by atoms with E-state index in [1.54, 1.807) is 0 Å². The maximum atomic E-state index is 12.6. The Morgan fingerprint density at radius 1 is 1.04 bits per heavy atom. The maximum absolute atomic E-state index is 12.6. The number of hydrogen-bond donors (Lipinski definition) is 0. The highest BCUT2D eigenvalue weighted by atomic mass is 35.5. The summed E-state index contributed by atoms with van der Waals surface area (Å²) < 4.78 is 5.28. The number of benzene rings is 2. The van der Waals surface area contributed by atoms with Crippen LogP contribution in [0.15, 0.2) is 53.1 Å². The number of rotatable bonds is 3. The molecule has 1 aliphatic rings. The molecule has 1 aliphatic heterocycles. The first kappa shape index (κ1) is 16.0. The number of piperazine rings is 1. The van der Waals surface area contributed by atoms with E-state index < -0.39 is 0 Å². The lowest BCUT2D eigenvalue weighted by Gasteiger charge is -2.36. The predicted octanol–water partition coefficient (Wildman–Crippen LogP) is 3.37. The highest BCUT2D eigenvalue weighted by Gasteiger charge is 2.23. The molecule has 1 aromatic heterocycles. The first-order valence-electron chi connectivity index (χ1n) is 8.33. The van der Waals surface area contributed by atoms with Crippen LogP contribution in [-0.4, -0.2) is 42.1 Å². The van der Waals surface area contributed by atoms with Gasteiger partial charge in [-0.25, -0.2) is 0 Å². The molecule has 0 spiro atoms. The molecule has 1 amide bonds. The molecule has 0 bridgehead atoms. The van der Waals surface area contributed by atoms with Crippen molar-refractivity contribution in [1.29, 1.82) is 0 Å². The molecule has 0 atom stereocenters. The number of carbonyl (C=O) groups is 1. The Bertz CT molecular complexity index is 900. The van der Waals surface area contributed by atoms with Gasteiger partial charge in [0.25, 0.3) is 0 Å². The first-order valence-corrected chi connectivity index (χ1v) is 8.71. The third-order valence-electron chi connectivity index (χ3n) is 4.60. The van der Waals surface area contributed by atoms with Gasteiger partial charge in [-0.2, -0.15) is 0 Å². The molecule has 1 fully saturated rings. The van der Waals surface area contributed by atoms with Gasteiger partial charge in [0.15, 0.2) is 5.58 Å². The summed E-state index contributed by atoms with van der Waals surface area (Å²) in [4.78, 5) is 16.7. The largest absolute Gasteiger partial charge is 0.367 e. The zero-order valence-corrected chi connectivity index (χ0v) is 14.4. The number of aromatic nitrogens is 1. The van der Waals surface area contributed by atoms with Crippen molar-refractivity contribution in [2.75, 3.05) is 31.1 Å². The summed E-state index contributed by atoms with van der Waals surface area (Å²) in [7, 11) is 0. The average Bonchev–Trinajstić information content (AvgIpc) is 3.05. The summed E-state index contributed by atoms with van der Waals surface area (Å²) in [5, 5.41) is 5.71. The maximum Gasteiger partial charge on any atom is 0.228 e. The Morgan fingerprint density at radius 2 is 1.76 bits per heavy atom. The minimum atomic E-state index is 0.0814. The number of nitrogens with zero attached hydrogens (tertiary/aromatic N) is 3. The third-order valence-corrected chi connectivity index (χ3v) is 4.92. The minimum Gasteiger partial charge on any atom is -0.367 e. The van der Waals surface area contributed by atoms with Gasteiger partial charge in [-0.1, -0.05) is 41.0 Å². The standard InChI is InChI=1S/C19H18ClN3O2/c20-15-6-2-3-7-17(15)22-9-11-23(12-10-22)19(24)13-16-14-5-1-4-8-18(14)25-21-16/h1-8H,9-13H2. The van der Waals surface area contributed by atoms with E-state index >= 15 is 0 Å². The summed E-state index contributed by atoms with van der Waals surface area (Å²) in [6, 6.07) is 15.4. The Balaban J connectivity index is 1.41.